The first-order valence-corrected chi connectivity index (χ1v) is 11.6. The van der Waals surface area contributed by atoms with Gasteiger partial charge in [-0.15, -0.1) is 0 Å². The minimum absolute atomic E-state index is 0.0387. The van der Waals surface area contributed by atoms with Crippen molar-refractivity contribution in [2.45, 2.75) is 19.3 Å². The zero-order chi connectivity index (χ0) is 23.3. The summed E-state index contributed by atoms with van der Waals surface area (Å²) in [4.78, 5) is 29.9. The maximum Gasteiger partial charge on any atom is 0.310 e. The fourth-order valence-corrected chi connectivity index (χ4v) is 6.06. The summed E-state index contributed by atoms with van der Waals surface area (Å²) < 4.78 is 12.9. The quantitative estimate of drug-likeness (QED) is 0.419. The summed E-state index contributed by atoms with van der Waals surface area (Å²) in [5.41, 5.74) is 5.23. The number of fused-ring (bicyclic) bond motifs is 2. The zero-order valence-electron chi connectivity index (χ0n) is 19.0. The highest BCUT2D eigenvalue weighted by molar-refractivity contribution is 6.64. The van der Waals surface area contributed by atoms with E-state index in [9.17, 15) is 9.59 Å². The molecule has 0 spiro atoms. The Morgan fingerprint density at radius 1 is 1.09 bits per heavy atom. The van der Waals surface area contributed by atoms with Crippen LogP contribution in [0, 0.1) is 30.6 Å². The number of halogens is 1. The van der Waals surface area contributed by atoms with Gasteiger partial charge in [-0.3, -0.25) is 9.59 Å². The van der Waals surface area contributed by atoms with E-state index in [4.69, 9.17) is 21.1 Å². The molecule has 2 heterocycles. The van der Waals surface area contributed by atoms with Crippen molar-refractivity contribution in [3.63, 3.8) is 0 Å². The van der Waals surface area contributed by atoms with Crippen molar-refractivity contribution in [1.82, 2.24) is 9.55 Å². The summed E-state index contributed by atoms with van der Waals surface area (Å²) in [6, 6.07) is 14.5. The highest BCUT2D eigenvalue weighted by atomic mass is 35.5. The topological polar surface area (TPSA) is 70.4 Å². The first-order valence-electron chi connectivity index (χ1n) is 11.3. The molecule has 6 nitrogen and oxygen atoms in total. The molecule has 1 saturated carbocycles. The second kappa shape index (κ2) is 8.58. The molecule has 5 unspecified atom stereocenters. The lowest BCUT2D eigenvalue weighted by molar-refractivity contribution is -0.153. The Hall–Kier alpha value is -2.70. The normalized spacial score (nSPS) is 26.8. The molecule has 2 aliphatic rings. The van der Waals surface area contributed by atoms with Crippen LogP contribution >= 0.6 is 11.6 Å². The Kier molecular flexibility index (Phi) is 5.75. The molecule has 1 aliphatic carbocycles. The number of rotatable bonds is 4. The van der Waals surface area contributed by atoms with Gasteiger partial charge in [-0.1, -0.05) is 30.3 Å². The number of imidazole rings is 1. The third-order valence-corrected chi connectivity index (χ3v) is 7.85. The van der Waals surface area contributed by atoms with Crippen LogP contribution in [-0.2, 0) is 26.1 Å². The molecule has 5 atom stereocenters. The average molecular weight is 467 g/mol. The maximum atomic E-state index is 12.8. The van der Waals surface area contributed by atoms with Crippen molar-refractivity contribution in [1.29, 1.82) is 0 Å². The number of nitrogens with zero attached hydrogens (tertiary/aromatic N) is 2. The van der Waals surface area contributed by atoms with Gasteiger partial charge < -0.3 is 14.0 Å². The number of carbonyl (C=O) groups excluding carboxylic acids is 2. The highest BCUT2D eigenvalue weighted by Crippen LogP contribution is 2.50. The van der Waals surface area contributed by atoms with Crippen LogP contribution < -0.4 is 0 Å². The number of benzene rings is 2. The van der Waals surface area contributed by atoms with E-state index in [0.717, 1.165) is 40.0 Å². The lowest BCUT2D eigenvalue weighted by Gasteiger charge is -2.41. The van der Waals surface area contributed by atoms with E-state index >= 15 is 0 Å². The number of carbonyl (C=O) groups is 2. The molecule has 0 amide bonds. The Balaban J connectivity index is 1.49. The van der Waals surface area contributed by atoms with Gasteiger partial charge in [0, 0.05) is 13.7 Å². The highest BCUT2D eigenvalue weighted by Gasteiger charge is 2.53. The Morgan fingerprint density at radius 2 is 1.82 bits per heavy atom. The SMILES string of the molecule is COC(=O)C1C(c2ccc(-c3ccc4c(c3)nc(C)n4C)cc2)CC2COCC2C1C(=O)Cl. The monoisotopic (exact) mass is 466 g/mol. The van der Waals surface area contributed by atoms with Crippen LogP contribution in [0.25, 0.3) is 22.2 Å². The molecule has 2 aromatic carbocycles. The summed E-state index contributed by atoms with van der Waals surface area (Å²) in [5, 5.41) is -0.480. The smallest absolute Gasteiger partial charge is 0.310 e. The second-order valence-corrected chi connectivity index (χ2v) is 9.60. The fourth-order valence-electron chi connectivity index (χ4n) is 5.77. The molecule has 0 N–H and O–H groups in total. The Bertz CT molecular complexity index is 1220. The van der Waals surface area contributed by atoms with E-state index in [-0.39, 0.29) is 23.7 Å². The van der Waals surface area contributed by atoms with Crippen molar-refractivity contribution >= 4 is 33.8 Å². The summed E-state index contributed by atoms with van der Waals surface area (Å²) in [6.45, 7) is 3.05. The number of esters is 1. The van der Waals surface area contributed by atoms with E-state index in [2.05, 4.69) is 52.0 Å². The van der Waals surface area contributed by atoms with Crippen molar-refractivity contribution in [2.75, 3.05) is 20.3 Å². The molecule has 7 heteroatoms. The van der Waals surface area contributed by atoms with Crippen LogP contribution in [0.2, 0.25) is 0 Å². The zero-order valence-corrected chi connectivity index (χ0v) is 19.7. The van der Waals surface area contributed by atoms with E-state index in [1.807, 2.05) is 14.0 Å². The minimum atomic E-state index is -0.610. The molecule has 1 saturated heterocycles. The third kappa shape index (κ3) is 3.75. The van der Waals surface area contributed by atoms with Crippen molar-refractivity contribution in [3.8, 4) is 11.1 Å². The molecule has 172 valence electrons. The lowest BCUT2D eigenvalue weighted by Crippen LogP contribution is -2.45. The largest absolute Gasteiger partial charge is 0.469 e. The van der Waals surface area contributed by atoms with Crippen molar-refractivity contribution in [2.24, 2.45) is 30.7 Å². The van der Waals surface area contributed by atoms with Gasteiger partial charge in [0.1, 0.15) is 5.82 Å². The standard InChI is InChI=1S/C26H27ClN2O4/c1-14-28-21-11-17(8-9-22(21)29(14)2)15-4-6-16(7-5-15)19-10-18-12-33-13-20(18)23(25(27)30)24(19)26(31)32-3/h4-9,11,18-20,23-24H,10,12-13H2,1-3H3. The molecular weight excluding hydrogens is 440 g/mol. The number of methoxy groups -OCH3 is 1. The van der Waals surface area contributed by atoms with Crippen LogP contribution in [0.15, 0.2) is 42.5 Å². The van der Waals surface area contributed by atoms with E-state index in [0.29, 0.717) is 13.2 Å². The first kappa shape index (κ1) is 22.1. The van der Waals surface area contributed by atoms with Crippen LogP contribution in [0.4, 0.5) is 0 Å². The van der Waals surface area contributed by atoms with Gasteiger partial charge in [0.2, 0.25) is 5.24 Å². The molecule has 0 bridgehead atoms. The molecule has 33 heavy (non-hydrogen) atoms. The van der Waals surface area contributed by atoms with Crippen LogP contribution in [0.5, 0.6) is 0 Å². The van der Waals surface area contributed by atoms with Gasteiger partial charge in [0.25, 0.3) is 0 Å². The number of aryl methyl sites for hydroxylation is 2. The van der Waals surface area contributed by atoms with Crippen LogP contribution in [-0.4, -0.2) is 41.1 Å². The Labute approximate surface area is 197 Å². The number of hydrogen-bond acceptors (Lipinski definition) is 5. The number of ether oxygens (including phenoxy) is 2. The van der Waals surface area contributed by atoms with Gasteiger partial charge in [-0.2, -0.15) is 0 Å². The molecule has 5 rings (SSSR count). The molecule has 3 aromatic rings. The Morgan fingerprint density at radius 3 is 2.52 bits per heavy atom. The predicted molar refractivity (Wildman–Crippen MR) is 126 cm³/mol. The molecule has 1 aromatic heterocycles. The van der Waals surface area contributed by atoms with E-state index in [1.54, 1.807) is 0 Å². The second-order valence-electron chi connectivity index (χ2n) is 9.23. The van der Waals surface area contributed by atoms with Crippen molar-refractivity contribution in [3.05, 3.63) is 53.9 Å². The van der Waals surface area contributed by atoms with Crippen LogP contribution in [0.3, 0.4) is 0 Å². The molecule has 0 radical (unpaired) electrons. The average Bonchev–Trinajstić information content (AvgIpc) is 3.40. The van der Waals surface area contributed by atoms with Gasteiger partial charge >= 0.3 is 5.97 Å². The summed E-state index contributed by atoms with van der Waals surface area (Å²) >= 11 is 6.03. The van der Waals surface area contributed by atoms with Gasteiger partial charge in [0.05, 0.1) is 36.6 Å². The first-order chi connectivity index (χ1) is 15.9. The lowest BCUT2D eigenvalue weighted by atomic mass is 9.61. The van der Waals surface area contributed by atoms with Crippen molar-refractivity contribution < 1.29 is 19.1 Å². The molecule has 2 fully saturated rings. The summed E-state index contributed by atoms with van der Waals surface area (Å²) in [6.07, 6.45) is 0.767. The summed E-state index contributed by atoms with van der Waals surface area (Å²) in [5.74, 6) is -0.600. The van der Waals surface area contributed by atoms with E-state index in [1.165, 1.54) is 7.11 Å². The van der Waals surface area contributed by atoms with Gasteiger partial charge in [0.15, 0.2) is 0 Å². The number of aromatic nitrogens is 2. The van der Waals surface area contributed by atoms with Gasteiger partial charge in [-0.05, 0) is 71.5 Å². The van der Waals surface area contributed by atoms with E-state index < -0.39 is 17.1 Å². The maximum absolute atomic E-state index is 12.8. The predicted octanol–water partition coefficient (Wildman–Crippen LogP) is 4.47. The third-order valence-electron chi connectivity index (χ3n) is 7.60. The van der Waals surface area contributed by atoms with Crippen LogP contribution in [0.1, 0.15) is 23.7 Å². The fraction of sp³-hybridized carbons (Fsp3) is 0.423. The number of hydrogen-bond donors (Lipinski definition) is 0. The molecule has 1 aliphatic heterocycles. The summed E-state index contributed by atoms with van der Waals surface area (Å²) in [7, 11) is 3.38. The minimum Gasteiger partial charge on any atom is -0.469 e. The molecular formula is C26H27ClN2O4. The van der Waals surface area contributed by atoms with Gasteiger partial charge in [-0.25, -0.2) is 4.98 Å².